The SMILES string of the molecule is COc1ccc2c(c1)C(Nc1ccc3c(c1)OCO3)CC2. The average molecular weight is 283 g/mol. The number of aryl methyl sites for hydroxylation is 1. The summed E-state index contributed by atoms with van der Waals surface area (Å²) < 4.78 is 16.1. The van der Waals surface area contributed by atoms with Crippen molar-refractivity contribution in [2.24, 2.45) is 0 Å². The molecule has 0 amide bonds. The van der Waals surface area contributed by atoms with Crippen LogP contribution in [0.3, 0.4) is 0 Å². The van der Waals surface area contributed by atoms with Crippen molar-refractivity contribution in [3.8, 4) is 17.2 Å². The van der Waals surface area contributed by atoms with E-state index in [4.69, 9.17) is 14.2 Å². The van der Waals surface area contributed by atoms with Crippen LogP contribution in [0.5, 0.6) is 17.2 Å². The molecule has 0 radical (unpaired) electrons. The second kappa shape index (κ2) is 4.88. The molecule has 2 aromatic carbocycles. The van der Waals surface area contributed by atoms with Gasteiger partial charge in [-0.25, -0.2) is 0 Å². The molecule has 1 heterocycles. The third-order valence-electron chi connectivity index (χ3n) is 4.14. The molecule has 108 valence electrons. The van der Waals surface area contributed by atoms with Gasteiger partial charge in [0.2, 0.25) is 6.79 Å². The molecule has 4 heteroatoms. The van der Waals surface area contributed by atoms with Crippen LogP contribution in [0.1, 0.15) is 23.6 Å². The Hall–Kier alpha value is -2.36. The topological polar surface area (TPSA) is 39.7 Å². The minimum atomic E-state index is 0.308. The standard InChI is InChI=1S/C17H17NO3/c1-19-13-5-2-11-3-6-15(14(11)9-13)18-12-4-7-16-17(8-12)21-10-20-16/h2,4-5,7-9,15,18H,3,6,10H2,1H3. The van der Waals surface area contributed by atoms with E-state index < -0.39 is 0 Å². The van der Waals surface area contributed by atoms with Crippen LogP contribution in [-0.4, -0.2) is 13.9 Å². The van der Waals surface area contributed by atoms with Crippen LogP contribution in [0.15, 0.2) is 36.4 Å². The number of benzene rings is 2. The molecule has 1 aliphatic carbocycles. The van der Waals surface area contributed by atoms with Crippen LogP contribution in [0.2, 0.25) is 0 Å². The number of rotatable bonds is 3. The molecule has 0 saturated heterocycles. The van der Waals surface area contributed by atoms with Gasteiger partial charge >= 0.3 is 0 Å². The van der Waals surface area contributed by atoms with Gasteiger partial charge in [0.25, 0.3) is 0 Å². The van der Waals surface area contributed by atoms with Crippen molar-refractivity contribution in [3.63, 3.8) is 0 Å². The van der Waals surface area contributed by atoms with E-state index in [2.05, 4.69) is 17.4 Å². The van der Waals surface area contributed by atoms with E-state index in [1.54, 1.807) is 7.11 Å². The van der Waals surface area contributed by atoms with E-state index >= 15 is 0 Å². The van der Waals surface area contributed by atoms with Gasteiger partial charge in [-0.1, -0.05) is 6.07 Å². The van der Waals surface area contributed by atoms with Gasteiger partial charge in [0.15, 0.2) is 11.5 Å². The van der Waals surface area contributed by atoms with Crippen LogP contribution in [0.25, 0.3) is 0 Å². The molecule has 2 aromatic rings. The first kappa shape index (κ1) is 12.4. The van der Waals surface area contributed by atoms with Crippen molar-refractivity contribution in [3.05, 3.63) is 47.5 Å². The van der Waals surface area contributed by atoms with Crippen LogP contribution < -0.4 is 19.5 Å². The monoisotopic (exact) mass is 283 g/mol. The number of methoxy groups -OCH3 is 1. The summed E-state index contributed by atoms with van der Waals surface area (Å²) in [6.45, 7) is 0.308. The molecular formula is C17H17NO3. The largest absolute Gasteiger partial charge is 0.497 e. The third-order valence-corrected chi connectivity index (χ3v) is 4.14. The molecule has 2 aliphatic rings. The van der Waals surface area contributed by atoms with Crippen LogP contribution in [0.4, 0.5) is 5.69 Å². The van der Waals surface area contributed by atoms with Crippen molar-refractivity contribution in [2.75, 3.05) is 19.2 Å². The van der Waals surface area contributed by atoms with Gasteiger partial charge in [0.1, 0.15) is 5.75 Å². The summed E-state index contributed by atoms with van der Waals surface area (Å²) in [4.78, 5) is 0. The summed E-state index contributed by atoms with van der Waals surface area (Å²) in [6, 6.07) is 12.6. The Bertz CT molecular complexity index is 684. The maximum absolute atomic E-state index is 5.43. The van der Waals surface area contributed by atoms with Crippen LogP contribution in [0, 0.1) is 0 Å². The first-order valence-electron chi connectivity index (χ1n) is 7.16. The lowest BCUT2D eigenvalue weighted by Crippen LogP contribution is -2.07. The van der Waals surface area contributed by atoms with E-state index in [9.17, 15) is 0 Å². The van der Waals surface area contributed by atoms with Crippen molar-refractivity contribution in [1.82, 2.24) is 0 Å². The molecule has 0 aromatic heterocycles. The maximum atomic E-state index is 5.43. The quantitative estimate of drug-likeness (QED) is 0.935. The van der Waals surface area contributed by atoms with Gasteiger partial charge in [-0.3, -0.25) is 0 Å². The molecule has 1 N–H and O–H groups in total. The normalized spacial score (nSPS) is 18.4. The highest BCUT2D eigenvalue weighted by Crippen LogP contribution is 2.39. The Labute approximate surface area is 123 Å². The molecule has 0 spiro atoms. The van der Waals surface area contributed by atoms with Crippen molar-refractivity contribution >= 4 is 5.69 Å². The predicted octanol–water partition coefficient (Wildman–Crippen LogP) is 3.52. The van der Waals surface area contributed by atoms with Crippen LogP contribution >= 0.6 is 0 Å². The molecule has 0 bridgehead atoms. The molecule has 1 unspecified atom stereocenters. The summed E-state index contributed by atoms with van der Waals surface area (Å²) in [7, 11) is 1.71. The van der Waals surface area contributed by atoms with Crippen molar-refractivity contribution in [1.29, 1.82) is 0 Å². The van der Waals surface area contributed by atoms with E-state index in [1.807, 2.05) is 24.3 Å². The molecule has 0 fully saturated rings. The smallest absolute Gasteiger partial charge is 0.231 e. The fourth-order valence-electron chi connectivity index (χ4n) is 3.04. The highest BCUT2D eigenvalue weighted by Gasteiger charge is 2.23. The molecular weight excluding hydrogens is 266 g/mol. The first-order chi connectivity index (χ1) is 10.3. The Morgan fingerprint density at radius 2 is 2.00 bits per heavy atom. The highest BCUT2D eigenvalue weighted by molar-refractivity contribution is 5.57. The van der Waals surface area contributed by atoms with E-state index in [0.29, 0.717) is 12.8 Å². The van der Waals surface area contributed by atoms with Gasteiger partial charge in [0.05, 0.1) is 13.2 Å². The summed E-state index contributed by atoms with van der Waals surface area (Å²) in [5.74, 6) is 2.53. The number of nitrogens with one attached hydrogen (secondary N) is 1. The molecule has 21 heavy (non-hydrogen) atoms. The zero-order valence-corrected chi connectivity index (χ0v) is 11.9. The van der Waals surface area contributed by atoms with Gasteiger partial charge in [-0.05, 0) is 48.2 Å². The lowest BCUT2D eigenvalue weighted by molar-refractivity contribution is 0.174. The number of hydrogen-bond acceptors (Lipinski definition) is 4. The Morgan fingerprint density at radius 3 is 2.90 bits per heavy atom. The number of hydrogen-bond donors (Lipinski definition) is 1. The highest BCUT2D eigenvalue weighted by atomic mass is 16.7. The minimum absolute atomic E-state index is 0.308. The van der Waals surface area contributed by atoms with Crippen molar-refractivity contribution in [2.45, 2.75) is 18.9 Å². The summed E-state index contributed by atoms with van der Waals surface area (Å²) >= 11 is 0. The summed E-state index contributed by atoms with van der Waals surface area (Å²) in [5.41, 5.74) is 3.78. The zero-order valence-electron chi connectivity index (χ0n) is 11.9. The van der Waals surface area contributed by atoms with E-state index in [1.165, 1.54) is 11.1 Å². The molecule has 4 rings (SSSR count). The summed E-state index contributed by atoms with van der Waals surface area (Å²) in [5, 5.41) is 3.59. The minimum Gasteiger partial charge on any atom is -0.497 e. The lowest BCUT2D eigenvalue weighted by Gasteiger charge is -2.16. The fourth-order valence-corrected chi connectivity index (χ4v) is 3.04. The first-order valence-corrected chi connectivity index (χ1v) is 7.16. The second-order valence-electron chi connectivity index (χ2n) is 5.37. The zero-order chi connectivity index (χ0) is 14.2. The Morgan fingerprint density at radius 1 is 1.10 bits per heavy atom. The maximum Gasteiger partial charge on any atom is 0.231 e. The molecule has 4 nitrogen and oxygen atoms in total. The third kappa shape index (κ3) is 2.17. The predicted molar refractivity (Wildman–Crippen MR) is 80.2 cm³/mol. The van der Waals surface area contributed by atoms with E-state index in [-0.39, 0.29) is 0 Å². The lowest BCUT2D eigenvalue weighted by atomic mass is 10.1. The van der Waals surface area contributed by atoms with Crippen molar-refractivity contribution < 1.29 is 14.2 Å². The Kier molecular flexibility index (Phi) is 2.88. The molecule has 1 atom stereocenters. The van der Waals surface area contributed by atoms with Gasteiger partial charge in [0, 0.05) is 11.8 Å². The van der Waals surface area contributed by atoms with E-state index in [0.717, 1.165) is 35.8 Å². The van der Waals surface area contributed by atoms with Gasteiger partial charge in [-0.2, -0.15) is 0 Å². The fraction of sp³-hybridized carbons (Fsp3) is 0.294. The number of ether oxygens (including phenoxy) is 3. The number of fused-ring (bicyclic) bond motifs is 2. The van der Waals surface area contributed by atoms with Gasteiger partial charge < -0.3 is 19.5 Å². The summed E-state index contributed by atoms with van der Waals surface area (Å²) in [6.07, 6.45) is 2.19. The second-order valence-corrected chi connectivity index (χ2v) is 5.37. The number of anilines is 1. The van der Waals surface area contributed by atoms with Gasteiger partial charge in [-0.15, -0.1) is 0 Å². The average Bonchev–Trinajstić information content (AvgIpc) is 3.13. The molecule has 1 aliphatic heterocycles. The Balaban J connectivity index is 1.59. The van der Waals surface area contributed by atoms with Crippen LogP contribution in [-0.2, 0) is 6.42 Å². The molecule has 0 saturated carbocycles.